The second-order valence-corrected chi connectivity index (χ2v) is 8.15. The Balaban J connectivity index is 1.73. The molecule has 1 amide bonds. The van der Waals surface area contributed by atoms with Crippen LogP contribution in [-0.4, -0.2) is 40.0 Å². The van der Waals surface area contributed by atoms with Crippen molar-refractivity contribution in [1.29, 1.82) is 0 Å². The third-order valence-electron chi connectivity index (χ3n) is 4.22. The smallest absolute Gasteiger partial charge is 0.308 e. The fourth-order valence-corrected chi connectivity index (χ4v) is 4.58. The summed E-state index contributed by atoms with van der Waals surface area (Å²) in [5, 5.41) is 12.3. The van der Waals surface area contributed by atoms with Crippen LogP contribution in [-0.2, 0) is 10.5 Å². The zero-order valence-electron chi connectivity index (χ0n) is 14.0. The van der Waals surface area contributed by atoms with Crippen LogP contribution in [0.5, 0.6) is 0 Å². The van der Waals surface area contributed by atoms with Gasteiger partial charge in [0.25, 0.3) is 5.91 Å². The summed E-state index contributed by atoms with van der Waals surface area (Å²) in [6.07, 6.45) is 1.37. The molecule has 25 heavy (non-hydrogen) atoms. The van der Waals surface area contributed by atoms with E-state index >= 15 is 0 Å². The largest absolute Gasteiger partial charge is 0.481 e. The number of nitrogens with zero attached hydrogens (tertiary/aromatic N) is 2. The van der Waals surface area contributed by atoms with E-state index < -0.39 is 11.9 Å². The Morgan fingerprint density at radius 1 is 1.40 bits per heavy atom. The maximum absolute atomic E-state index is 12.9. The second-order valence-electron chi connectivity index (χ2n) is 6.07. The van der Waals surface area contributed by atoms with E-state index in [1.54, 1.807) is 28.0 Å². The Bertz CT molecular complexity index is 775. The fourth-order valence-electron chi connectivity index (χ4n) is 2.93. The van der Waals surface area contributed by atoms with Crippen LogP contribution in [0.15, 0.2) is 34.5 Å². The number of carboxylic acid groups (broad SMARTS) is 1. The van der Waals surface area contributed by atoms with Crippen molar-refractivity contribution in [2.24, 2.45) is 5.92 Å². The molecule has 5 nitrogen and oxygen atoms in total. The number of carboxylic acids is 1. The standard InChI is InChI=1S/C18H20N2O3S2/c1-12-19-14(10-24-12)11-25-16-7-3-2-6-15(16)17(21)20-8-4-5-13(9-20)18(22)23/h2-3,6-7,10,13H,4-5,8-9,11H2,1H3,(H,22,23). The average molecular weight is 377 g/mol. The Morgan fingerprint density at radius 3 is 2.92 bits per heavy atom. The third kappa shape index (κ3) is 4.41. The molecule has 0 bridgehead atoms. The van der Waals surface area contributed by atoms with Crippen LogP contribution in [0.25, 0.3) is 0 Å². The minimum Gasteiger partial charge on any atom is -0.481 e. The molecule has 0 aliphatic carbocycles. The van der Waals surface area contributed by atoms with Crippen molar-refractivity contribution >= 4 is 35.0 Å². The second kappa shape index (κ2) is 8.01. The molecule has 1 aliphatic rings. The van der Waals surface area contributed by atoms with Gasteiger partial charge in [-0.15, -0.1) is 23.1 Å². The molecule has 7 heteroatoms. The predicted molar refractivity (Wildman–Crippen MR) is 99.1 cm³/mol. The highest BCUT2D eigenvalue weighted by molar-refractivity contribution is 7.98. The van der Waals surface area contributed by atoms with E-state index in [9.17, 15) is 14.7 Å². The number of aryl methyl sites for hydroxylation is 1. The van der Waals surface area contributed by atoms with Crippen molar-refractivity contribution < 1.29 is 14.7 Å². The molecule has 1 unspecified atom stereocenters. The lowest BCUT2D eigenvalue weighted by atomic mass is 9.97. The molecule has 1 aromatic heterocycles. The maximum Gasteiger partial charge on any atom is 0.308 e. The lowest BCUT2D eigenvalue weighted by molar-refractivity contribution is -0.143. The van der Waals surface area contributed by atoms with Crippen molar-refractivity contribution in [3.63, 3.8) is 0 Å². The van der Waals surface area contributed by atoms with Gasteiger partial charge >= 0.3 is 5.97 Å². The highest BCUT2D eigenvalue weighted by Crippen LogP contribution is 2.29. The van der Waals surface area contributed by atoms with Gasteiger partial charge in [0, 0.05) is 29.1 Å². The Hall–Kier alpha value is -1.86. The number of thioether (sulfide) groups is 1. The summed E-state index contributed by atoms with van der Waals surface area (Å²) in [6, 6.07) is 7.53. The topological polar surface area (TPSA) is 70.5 Å². The minimum absolute atomic E-state index is 0.0801. The first-order chi connectivity index (χ1) is 12.0. The first-order valence-corrected chi connectivity index (χ1v) is 10.1. The molecule has 1 fully saturated rings. The van der Waals surface area contributed by atoms with E-state index in [4.69, 9.17) is 0 Å². The number of piperidine rings is 1. The SMILES string of the molecule is Cc1nc(CSc2ccccc2C(=O)N2CCCC(C(=O)O)C2)cs1. The molecular formula is C18H20N2O3S2. The van der Waals surface area contributed by atoms with Crippen molar-refractivity contribution in [3.8, 4) is 0 Å². The van der Waals surface area contributed by atoms with Gasteiger partial charge < -0.3 is 10.0 Å². The van der Waals surface area contributed by atoms with Crippen molar-refractivity contribution in [1.82, 2.24) is 9.88 Å². The van der Waals surface area contributed by atoms with Gasteiger partial charge in [0.05, 0.1) is 22.2 Å². The Morgan fingerprint density at radius 2 is 2.20 bits per heavy atom. The summed E-state index contributed by atoms with van der Waals surface area (Å²) in [4.78, 5) is 31.2. The number of aromatic nitrogens is 1. The number of aliphatic carboxylic acids is 1. The van der Waals surface area contributed by atoms with Crippen LogP contribution in [0.4, 0.5) is 0 Å². The predicted octanol–water partition coefficient (Wildman–Crippen LogP) is 3.68. The van der Waals surface area contributed by atoms with Gasteiger partial charge in [-0.1, -0.05) is 12.1 Å². The van der Waals surface area contributed by atoms with E-state index in [1.165, 1.54) is 0 Å². The number of thiazole rings is 1. The molecule has 3 rings (SSSR count). The third-order valence-corrected chi connectivity index (χ3v) is 6.15. The van der Waals surface area contributed by atoms with Crippen LogP contribution >= 0.6 is 23.1 Å². The molecule has 1 aromatic carbocycles. The molecule has 1 atom stereocenters. The molecular weight excluding hydrogens is 356 g/mol. The molecule has 2 aromatic rings. The highest BCUT2D eigenvalue weighted by Gasteiger charge is 2.29. The number of likely N-dealkylation sites (tertiary alicyclic amines) is 1. The first kappa shape index (κ1) is 17.9. The van der Waals surface area contributed by atoms with E-state index in [0.29, 0.717) is 30.8 Å². The molecule has 0 radical (unpaired) electrons. The number of hydrogen-bond donors (Lipinski definition) is 1. The zero-order valence-corrected chi connectivity index (χ0v) is 15.6. The number of carbonyl (C=O) groups is 2. The zero-order chi connectivity index (χ0) is 17.8. The summed E-state index contributed by atoms with van der Waals surface area (Å²) in [5.41, 5.74) is 1.66. The summed E-state index contributed by atoms with van der Waals surface area (Å²) in [5.74, 6) is -0.648. The van der Waals surface area contributed by atoms with Crippen LogP contribution in [0, 0.1) is 12.8 Å². The first-order valence-electron chi connectivity index (χ1n) is 8.19. The molecule has 132 valence electrons. The number of rotatable bonds is 5. The summed E-state index contributed by atoms with van der Waals surface area (Å²) in [6.45, 7) is 2.89. The number of hydrogen-bond acceptors (Lipinski definition) is 5. The molecule has 0 spiro atoms. The maximum atomic E-state index is 12.9. The normalized spacial score (nSPS) is 17.5. The molecule has 1 saturated heterocycles. The Kier molecular flexibility index (Phi) is 5.75. The molecule has 1 aliphatic heterocycles. The molecule has 0 saturated carbocycles. The van der Waals surface area contributed by atoms with Crippen molar-refractivity contribution in [3.05, 3.63) is 45.9 Å². The van der Waals surface area contributed by atoms with Crippen LogP contribution < -0.4 is 0 Å². The van der Waals surface area contributed by atoms with Gasteiger partial charge in [0.1, 0.15) is 0 Å². The highest BCUT2D eigenvalue weighted by atomic mass is 32.2. The number of carbonyl (C=O) groups excluding carboxylic acids is 1. The Labute approximate surface area is 155 Å². The van der Waals surface area contributed by atoms with E-state index in [2.05, 4.69) is 4.98 Å². The quantitative estimate of drug-likeness (QED) is 0.806. The monoisotopic (exact) mass is 376 g/mol. The molecule has 2 heterocycles. The summed E-state index contributed by atoms with van der Waals surface area (Å²) in [7, 11) is 0. The van der Waals surface area contributed by atoms with Crippen LogP contribution in [0.1, 0.15) is 33.9 Å². The van der Waals surface area contributed by atoms with E-state index in [1.807, 2.05) is 36.6 Å². The van der Waals surface area contributed by atoms with Crippen molar-refractivity contribution in [2.75, 3.05) is 13.1 Å². The summed E-state index contributed by atoms with van der Waals surface area (Å²) < 4.78 is 0. The van der Waals surface area contributed by atoms with Crippen molar-refractivity contribution in [2.45, 2.75) is 30.4 Å². The van der Waals surface area contributed by atoms with Gasteiger partial charge in [-0.05, 0) is 31.9 Å². The van der Waals surface area contributed by atoms with E-state index in [0.717, 1.165) is 22.0 Å². The van der Waals surface area contributed by atoms with E-state index in [-0.39, 0.29) is 5.91 Å². The average Bonchev–Trinajstić information content (AvgIpc) is 3.05. The van der Waals surface area contributed by atoms with Gasteiger partial charge in [-0.2, -0.15) is 0 Å². The lowest BCUT2D eigenvalue weighted by Crippen LogP contribution is -2.42. The van der Waals surface area contributed by atoms with Gasteiger partial charge in [-0.25, -0.2) is 4.98 Å². The fraction of sp³-hybridized carbons (Fsp3) is 0.389. The minimum atomic E-state index is -0.820. The van der Waals surface area contributed by atoms with Crippen LogP contribution in [0.3, 0.4) is 0 Å². The molecule has 1 N–H and O–H groups in total. The number of amides is 1. The van der Waals surface area contributed by atoms with Gasteiger partial charge in [0.2, 0.25) is 0 Å². The number of benzene rings is 1. The summed E-state index contributed by atoms with van der Waals surface area (Å²) >= 11 is 3.21. The van der Waals surface area contributed by atoms with Gasteiger partial charge in [0.15, 0.2) is 0 Å². The van der Waals surface area contributed by atoms with Gasteiger partial charge in [-0.3, -0.25) is 9.59 Å². The lowest BCUT2D eigenvalue weighted by Gasteiger charge is -2.31. The van der Waals surface area contributed by atoms with Crippen LogP contribution in [0.2, 0.25) is 0 Å².